The van der Waals surface area contributed by atoms with Gasteiger partial charge in [0.15, 0.2) is 0 Å². The van der Waals surface area contributed by atoms with Gasteiger partial charge in [-0.05, 0) is 24.0 Å². The molecule has 0 aliphatic carbocycles. The molecule has 1 heterocycles. The summed E-state index contributed by atoms with van der Waals surface area (Å²) in [7, 11) is -3.21. The SMILES string of the molecule is COc1cc(C)[n+]([O-])c(NC(=O)NS(=O)(=O)c2ccccc2C(=O)O)n1. The van der Waals surface area contributed by atoms with Gasteiger partial charge in [0.05, 0.1) is 24.4 Å². The molecule has 0 saturated carbocycles. The van der Waals surface area contributed by atoms with Crippen molar-refractivity contribution in [3.05, 3.63) is 46.8 Å². The lowest BCUT2D eigenvalue weighted by atomic mass is 10.2. The van der Waals surface area contributed by atoms with Crippen molar-refractivity contribution in [3.63, 3.8) is 0 Å². The summed E-state index contributed by atoms with van der Waals surface area (Å²) in [5.74, 6) is -1.96. The Labute approximate surface area is 147 Å². The van der Waals surface area contributed by atoms with Gasteiger partial charge in [-0.1, -0.05) is 12.1 Å². The standard InChI is InChI=1S/C14H14N4O7S/c1-8-7-11(25-2)15-13(18(8)22)16-14(21)17-26(23,24)10-6-4-3-5-9(10)12(19)20/h3-7H,1-2H3,(H,19,20)(H2,15,16,17,21). The van der Waals surface area contributed by atoms with Crippen LogP contribution in [0.5, 0.6) is 5.88 Å². The van der Waals surface area contributed by atoms with Gasteiger partial charge >= 0.3 is 17.9 Å². The summed E-state index contributed by atoms with van der Waals surface area (Å²) in [5, 5.41) is 22.9. The fourth-order valence-electron chi connectivity index (χ4n) is 1.95. The Bertz CT molecular complexity index is 975. The third-order valence-corrected chi connectivity index (χ3v) is 4.52. The maximum absolute atomic E-state index is 12.3. The van der Waals surface area contributed by atoms with Crippen LogP contribution in [0.4, 0.5) is 10.7 Å². The number of aryl methyl sites for hydroxylation is 1. The van der Waals surface area contributed by atoms with Crippen molar-refractivity contribution in [1.82, 2.24) is 9.71 Å². The summed E-state index contributed by atoms with van der Waals surface area (Å²) < 4.78 is 31.3. The number of amides is 2. The highest BCUT2D eigenvalue weighted by Gasteiger charge is 2.26. The monoisotopic (exact) mass is 382 g/mol. The van der Waals surface area contributed by atoms with Crippen LogP contribution >= 0.6 is 0 Å². The normalized spacial score (nSPS) is 10.8. The summed E-state index contributed by atoms with van der Waals surface area (Å²) in [6, 6.07) is 4.77. The van der Waals surface area contributed by atoms with E-state index in [0.717, 1.165) is 12.1 Å². The van der Waals surface area contributed by atoms with E-state index in [2.05, 4.69) is 4.98 Å². The average Bonchev–Trinajstić information content (AvgIpc) is 2.58. The summed E-state index contributed by atoms with van der Waals surface area (Å²) in [4.78, 5) is 26.2. The van der Waals surface area contributed by atoms with Crippen molar-refractivity contribution in [2.24, 2.45) is 0 Å². The zero-order valence-electron chi connectivity index (χ0n) is 13.6. The van der Waals surface area contributed by atoms with E-state index in [-0.39, 0.29) is 16.3 Å². The first kappa shape index (κ1) is 18.9. The average molecular weight is 382 g/mol. The highest BCUT2D eigenvalue weighted by atomic mass is 32.2. The molecule has 0 saturated heterocycles. The molecule has 0 unspecified atom stereocenters. The van der Waals surface area contributed by atoms with E-state index in [1.807, 2.05) is 5.32 Å². The Hall–Kier alpha value is -3.41. The molecule has 2 rings (SSSR count). The van der Waals surface area contributed by atoms with E-state index in [4.69, 9.17) is 9.84 Å². The molecule has 11 nitrogen and oxygen atoms in total. The molecule has 0 aliphatic heterocycles. The maximum atomic E-state index is 12.3. The Morgan fingerprint density at radius 1 is 1.31 bits per heavy atom. The van der Waals surface area contributed by atoms with E-state index in [0.29, 0.717) is 0 Å². The van der Waals surface area contributed by atoms with Gasteiger partial charge in [0.1, 0.15) is 4.90 Å². The molecule has 0 aliphatic rings. The number of carbonyl (C=O) groups excluding carboxylic acids is 1. The van der Waals surface area contributed by atoms with Gasteiger partial charge in [-0.15, -0.1) is 0 Å². The van der Waals surface area contributed by atoms with Gasteiger partial charge in [-0.2, -0.15) is 5.32 Å². The number of rotatable bonds is 5. The van der Waals surface area contributed by atoms with E-state index < -0.39 is 38.4 Å². The highest BCUT2D eigenvalue weighted by Crippen LogP contribution is 2.15. The van der Waals surface area contributed by atoms with Gasteiger partial charge in [-0.25, -0.2) is 27.5 Å². The Morgan fingerprint density at radius 2 is 1.96 bits per heavy atom. The molecule has 0 atom stereocenters. The molecule has 26 heavy (non-hydrogen) atoms. The van der Waals surface area contributed by atoms with Crippen LogP contribution in [0.15, 0.2) is 35.2 Å². The molecular formula is C14H14N4O7S. The number of aromatic nitrogens is 2. The van der Waals surface area contributed by atoms with Crippen LogP contribution < -0.4 is 19.5 Å². The van der Waals surface area contributed by atoms with Crippen LogP contribution in [0.3, 0.4) is 0 Å². The molecule has 1 aromatic carbocycles. The number of nitrogens with zero attached hydrogens (tertiary/aromatic N) is 2. The van der Waals surface area contributed by atoms with Crippen molar-refractivity contribution in [3.8, 4) is 5.88 Å². The van der Waals surface area contributed by atoms with Crippen LogP contribution in [-0.2, 0) is 10.0 Å². The van der Waals surface area contributed by atoms with Crippen LogP contribution in [0, 0.1) is 12.1 Å². The molecule has 2 aromatic rings. The first-order valence-electron chi connectivity index (χ1n) is 6.97. The quantitative estimate of drug-likeness (QED) is 0.489. The second-order valence-electron chi connectivity index (χ2n) is 4.92. The van der Waals surface area contributed by atoms with E-state index in [9.17, 15) is 23.2 Å². The van der Waals surface area contributed by atoms with Gasteiger partial charge in [0, 0.05) is 0 Å². The van der Waals surface area contributed by atoms with E-state index in [1.54, 1.807) is 4.72 Å². The number of benzene rings is 1. The first-order chi connectivity index (χ1) is 12.2. The zero-order chi connectivity index (χ0) is 19.5. The number of sulfonamides is 1. The summed E-state index contributed by atoms with van der Waals surface area (Å²) in [5.41, 5.74) is -0.367. The van der Waals surface area contributed by atoms with E-state index >= 15 is 0 Å². The minimum atomic E-state index is -4.51. The molecule has 1 aromatic heterocycles. The minimum absolute atomic E-state index is 0.0315. The largest absolute Gasteiger partial charge is 0.740 e. The van der Waals surface area contributed by atoms with E-state index in [1.165, 1.54) is 32.2 Å². The van der Waals surface area contributed by atoms with Crippen molar-refractivity contribution in [2.75, 3.05) is 12.4 Å². The highest BCUT2D eigenvalue weighted by molar-refractivity contribution is 7.90. The Morgan fingerprint density at radius 3 is 2.58 bits per heavy atom. The number of ether oxygens (including phenoxy) is 1. The fourth-order valence-corrected chi connectivity index (χ4v) is 3.06. The lowest BCUT2D eigenvalue weighted by Gasteiger charge is -2.12. The number of hydrogen-bond donors (Lipinski definition) is 3. The van der Waals surface area contributed by atoms with Gasteiger partial charge in [0.2, 0.25) is 0 Å². The molecule has 0 spiro atoms. The van der Waals surface area contributed by atoms with Crippen molar-refractivity contribution in [1.29, 1.82) is 0 Å². The second-order valence-corrected chi connectivity index (χ2v) is 6.57. The number of carboxylic acid groups (broad SMARTS) is 1. The minimum Gasteiger partial charge on any atom is -0.740 e. The lowest BCUT2D eigenvalue weighted by Crippen LogP contribution is -2.41. The smallest absolute Gasteiger partial charge is 0.404 e. The Kier molecular flexibility index (Phi) is 5.26. The third-order valence-electron chi connectivity index (χ3n) is 3.13. The maximum Gasteiger partial charge on any atom is 0.404 e. The predicted octanol–water partition coefficient (Wildman–Crippen LogP) is 0.241. The van der Waals surface area contributed by atoms with Gasteiger partial charge < -0.3 is 15.1 Å². The van der Waals surface area contributed by atoms with Crippen LogP contribution in [0.1, 0.15) is 16.1 Å². The molecule has 3 N–H and O–H groups in total. The molecular weight excluding hydrogens is 368 g/mol. The first-order valence-corrected chi connectivity index (χ1v) is 8.45. The topological polar surface area (TPSA) is 162 Å². The fraction of sp³-hybridized carbons (Fsp3) is 0.143. The number of urea groups is 1. The van der Waals surface area contributed by atoms with Gasteiger partial charge in [0.25, 0.3) is 15.9 Å². The summed E-state index contributed by atoms with van der Waals surface area (Å²) >= 11 is 0. The molecule has 0 bridgehead atoms. The molecule has 0 radical (unpaired) electrons. The van der Waals surface area contributed by atoms with Gasteiger partial charge in [-0.3, -0.25) is 0 Å². The van der Waals surface area contributed by atoms with Crippen molar-refractivity contribution in [2.45, 2.75) is 11.8 Å². The molecule has 0 fully saturated rings. The molecule has 138 valence electrons. The van der Waals surface area contributed by atoms with Crippen molar-refractivity contribution < 1.29 is 32.6 Å². The van der Waals surface area contributed by atoms with Crippen LogP contribution in [0.25, 0.3) is 0 Å². The number of aromatic carboxylic acids is 1. The third kappa shape index (κ3) is 3.97. The molecule has 2 amide bonds. The summed E-state index contributed by atoms with van der Waals surface area (Å²) in [6.07, 6.45) is 0. The van der Waals surface area contributed by atoms with Crippen LogP contribution in [0.2, 0.25) is 0 Å². The van der Waals surface area contributed by atoms with Crippen LogP contribution in [-0.4, -0.2) is 37.6 Å². The lowest BCUT2D eigenvalue weighted by molar-refractivity contribution is -0.599. The number of hydrogen-bond acceptors (Lipinski definition) is 7. The Balaban J connectivity index is 2.28. The molecule has 12 heteroatoms. The summed E-state index contributed by atoms with van der Waals surface area (Å²) in [6.45, 7) is 1.43. The number of carbonyl (C=O) groups is 2. The number of nitrogens with one attached hydrogen (secondary N) is 2. The second kappa shape index (κ2) is 7.23. The van der Waals surface area contributed by atoms with Crippen molar-refractivity contribution >= 4 is 28.0 Å². The predicted molar refractivity (Wildman–Crippen MR) is 87.2 cm³/mol. The number of methoxy groups -OCH3 is 1. The zero-order valence-corrected chi connectivity index (χ0v) is 14.4. The number of anilines is 1. The number of carboxylic acids is 1.